The molecule has 0 bridgehead atoms. The van der Waals surface area contributed by atoms with E-state index in [1.165, 1.54) is 31.2 Å². The molecule has 0 aliphatic carbocycles. The molecule has 1 rings (SSSR count). The predicted molar refractivity (Wildman–Crippen MR) is 90.9 cm³/mol. The average Bonchev–Trinajstić information content (AvgIpc) is 2.48. The van der Waals surface area contributed by atoms with Crippen LogP contribution in [-0.4, -0.2) is 17.7 Å². The molecule has 0 fully saturated rings. The predicted octanol–water partition coefficient (Wildman–Crippen LogP) is 5.11. The van der Waals surface area contributed by atoms with Crippen LogP contribution >= 0.6 is 0 Å². The zero-order valence-corrected chi connectivity index (χ0v) is 14.0. The molecule has 0 saturated heterocycles. The van der Waals surface area contributed by atoms with Gasteiger partial charge in [0.25, 0.3) is 0 Å². The van der Waals surface area contributed by atoms with Crippen molar-refractivity contribution in [2.45, 2.75) is 59.3 Å². The minimum Gasteiger partial charge on any atom is -0.487 e. The maximum Gasteiger partial charge on any atom is 0.371 e. The first-order chi connectivity index (χ1) is 10.5. The fourth-order valence-corrected chi connectivity index (χ4v) is 2.24. The highest BCUT2D eigenvalue weighted by molar-refractivity contribution is 5.89. The summed E-state index contributed by atoms with van der Waals surface area (Å²) in [6.07, 6.45) is 8.55. The van der Waals surface area contributed by atoms with Gasteiger partial charge in [-0.25, -0.2) is 4.79 Å². The van der Waals surface area contributed by atoms with E-state index in [1.807, 2.05) is 32.0 Å². The van der Waals surface area contributed by atoms with Crippen molar-refractivity contribution in [3.05, 3.63) is 40.6 Å². The summed E-state index contributed by atoms with van der Waals surface area (Å²) < 4.78 is 5.45. The summed E-state index contributed by atoms with van der Waals surface area (Å²) >= 11 is 0. The molecule has 0 radical (unpaired) electrons. The Morgan fingerprint density at radius 1 is 1.09 bits per heavy atom. The summed E-state index contributed by atoms with van der Waals surface area (Å²) in [5.74, 6) is -0.985. The van der Waals surface area contributed by atoms with Crippen LogP contribution in [0.4, 0.5) is 0 Å². The number of ether oxygens (including phenoxy) is 1. The van der Waals surface area contributed by atoms with E-state index in [9.17, 15) is 9.90 Å². The molecule has 3 nitrogen and oxygen atoms in total. The summed E-state index contributed by atoms with van der Waals surface area (Å²) in [7, 11) is 0. The lowest BCUT2D eigenvalue weighted by Crippen LogP contribution is -2.06. The third-order valence-corrected chi connectivity index (χ3v) is 3.79. The number of aryl methyl sites for hydroxylation is 2. The van der Waals surface area contributed by atoms with Gasteiger partial charge in [-0.3, -0.25) is 0 Å². The third-order valence-electron chi connectivity index (χ3n) is 3.79. The van der Waals surface area contributed by atoms with Crippen molar-refractivity contribution in [3.63, 3.8) is 0 Å². The molecule has 0 aliphatic heterocycles. The summed E-state index contributed by atoms with van der Waals surface area (Å²) in [5, 5.41) is 9.24. The van der Waals surface area contributed by atoms with Crippen LogP contribution in [0.2, 0.25) is 0 Å². The number of carbonyl (C=O) groups is 1. The number of carboxylic acid groups (broad SMARTS) is 1. The maximum absolute atomic E-state index is 11.3. The van der Waals surface area contributed by atoms with Gasteiger partial charge in [0.05, 0.1) is 6.61 Å². The first kappa shape index (κ1) is 18.3. The van der Waals surface area contributed by atoms with E-state index in [0.717, 1.165) is 24.0 Å². The van der Waals surface area contributed by atoms with Crippen LogP contribution in [0, 0.1) is 13.8 Å². The van der Waals surface area contributed by atoms with E-state index in [4.69, 9.17) is 4.74 Å². The highest BCUT2D eigenvalue weighted by Gasteiger charge is 2.09. The molecule has 0 aromatic heterocycles. The molecular weight excluding hydrogens is 276 g/mol. The Morgan fingerprint density at radius 2 is 1.77 bits per heavy atom. The van der Waals surface area contributed by atoms with Gasteiger partial charge in [-0.05, 0) is 43.0 Å². The zero-order valence-electron chi connectivity index (χ0n) is 14.0. The number of carboxylic acids is 1. The van der Waals surface area contributed by atoms with Gasteiger partial charge in [-0.15, -0.1) is 0 Å². The smallest absolute Gasteiger partial charge is 0.371 e. The maximum atomic E-state index is 11.3. The van der Waals surface area contributed by atoms with E-state index in [2.05, 4.69) is 6.92 Å². The molecule has 0 heterocycles. The first-order valence-corrected chi connectivity index (χ1v) is 8.19. The van der Waals surface area contributed by atoms with Crippen molar-refractivity contribution in [3.8, 4) is 0 Å². The lowest BCUT2D eigenvalue weighted by molar-refractivity contribution is -0.136. The van der Waals surface area contributed by atoms with E-state index in [1.54, 1.807) is 6.08 Å². The largest absolute Gasteiger partial charge is 0.487 e. The van der Waals surface area contributed by atoms with Gasteiger partial charge in [0.1, 0.15) is 0 Å². The molecule has 3 heteroatoms. The van der Waals surface area contributed by atoms with Gasteiger partial charge in [0.2, 0.25) is 5.76 Å². The van der Waals surface area contributed by atoms with Gasteiger partial charge in [0.15, 0.2) is 0 Å². The fraction of sp³-hybridized carbons (Fsp3) is 0.526. The molecule has 22 heavy (non-hydrogen) atoms. The van der Waals surface area contributed by atoms with Crippen molar-refractivity contribution in [1.82, 2.24) is 0 Å². The molecule has 0 aliphatic rings. The lowest BCUT2D eigenvalue weighted by Gasteiger charge is -2.08. The number of hydrogen-bond acceptors (Lipinski definition) is 2. The van der Waals surface area contributed by atoms with Gasteiger partial charge in [-0.1, -0.05) is 57.2 Å². The second-order valence-corrected chi connectivity index (χ2v) is 5.77. The molecule has 0 saturated carbocycles. The molecule has 0 amide bonds. The normalized spacial score (nSPS) is 11.5. The van der Waals surface area contributed by atoms with Crippen molar-refractivity contribution >= 4 is 12.0 Å². The highest BCUT2D eigenvalue weighted by atomic mass is 16.5. The van der Waals surface area contributed by atoms with Gasteiger partial charge < -0.3 is 9.84 Å². The van der Waals surface area contributed by atoms with Crippen LogP contribution < -0.4 is 0 Å². The number of aliphatic carboxylic acids is 1. The van der Waals surface area contributed by atoms with Crippen molar-refractivity contribution in [2.75, 3.05) is 6.61 Å². The Balaban J connectivity index is 2.49. The lowest BCUT2D eigenvalue weighted by atomic mass is 10.1. The minimum absolute atomic E-state index is 0.0248. The van der Waals surface area contributed by atoms with Gasteiger partial charge in [0, 0.05) is 0 Å². The Kier molecular flexibility index (Phi) is 8.34. The van der Waals surface area contributed by atoms with Crippen LogP contribution in [0.1, 0.15) is 62.1 Å². The van der Waals surface area contributed by atoms with Crippen LogP contribution in [0.15, 0.2) is 24.0 Å². The summed E-state index contributed by atoms with van der Waals surface area (Å²) in [6, 6.07) is 5.89. The SMILES string of the molecule is CCCCCCCCOC(=Cc1ccc(C)c(C)c1)C(=O)O. The topological polar surface area (TPSA) is 46.5 Å². The van der Waals surface area contributed by atoms with E-state index >= 15 is 0 Å². The van der Waals surface area contributed by atoms with E-state index < -0.39 is 5.97 Å². The van der Waals surface area contributed by atoms with Gasteiger partial charge >= 0.3 is 5.97 Å². The first-order valence-electron chi connectivity index (χ1n) is 8.19. The van der Waals surface area contributed by atoms with Crippen LogP contribution in [0.5, 0.6) is 0 Å². The number of hydrogen-bond donors (Lipinski definition) is 1. The van der Waals surface area contributed by atoms with Gasteiger partial charge in [-0.2, -0.15) is 0 Å². The van der Waals surface area contributed by atoms with Crippen molar-refractivity contribution in [1.29, 1.82) is 0 Å². The monoisotopic (exact) mass is 304 g/mol. The quantitative estimate of drug-likeness (QED) is 0.371. The molecule has 0 spiro atoms. The second kappa shape index (κ2) is 10.0. The Bertz CT molecular complexity index is 503. The molecule has 1 N–H and O–H groups in total. The molecule has 1 aromatic rings. The molecule has 122 valence electrons. The van der Waals surface area contributed by atoms with E-state index in [0.29, 0.717) is 6.61 Å². The average molecular weight is 304 g/mol. The second-order valence-electron chi connectivity index (χ2n) is 5.77. The Morgan fingerprint density at radius 3 is 2.41 bits per heavy atom. The Hall–Kier alpha value is -1.77. The molecular formula is C19H28O3. The zero-order chi connectivity index (χ0) is 16.4. The minimum atomic E-state index is -1.01. The van der Waals surface area contributed by atoms with E-state index in [-0.39, 0.29) is 5.76 Å². The summed E-state index contributed by atoms with van der Waals surface area (Å²) in [5.41, 5.74) is 3.21. The number of benzene rings is 1. The number of unbranched alkanes of at least 4 members (excludes halogenated alkanes) is 5. The molecule has 0 atom stereocenters. The van der Waals surface area contributed by atoms with Crippen molar-refractivity contribution in [2.24, 2.45) is 0 Å². The summed E-state index contributed by atoms with van der Waals surface area (Å²) in [4.78, 5) is 11.3. The van der Waals surface area contributed by atoms with Crippen LogP contribution in [0.25, 0.3) is 6.08 Å². The third kappa shape index (κ3) is 6.79. The van der Waals surface area contributed by atoms with Crippen LogP contribution in [0.3, 0.4) is 0 Å². The fourth-order valence-electron chi connectivity index (χ4n) is 2.24. The van der Waals surface area contributed by atoms with Crippen LogP contribution in [-0.2, 0) is 9.53 Å². The molecule has 1 aromatic carbocycles. The number of rotatable bonds is 10. The van der Waals surface area contributed by atoms with Crippen molar-refractivity contribution < 1.29 is 14.6 Å². The summed E-state index contributed by atoms with van der Waals surface area (Å²) in [6.45, 7) is 6.72. The Labute approximate surface area is 134 Å². The molecule has 0 unspecified atom stereocenters. The highest BCUT2D eigenvalue weighted by Crippen LogP contribution is 2.14. The standard InChI is InChI=1S/C19H28O3/c1-4-5-6-7-8-9-12-22-18(19(20)21)14-17-11-10-15(2)16(3)13-17/h10-11,13-14H,4-9,12H2,1-3H3,(H,20,21).